The lowest BCUT2D eigenvalue weighted by molar-refractivity contribution is 0.0979. The van der Waals surface area contributed by atoms with Gasteiger partial charge in [-0.3, -0.25) is 4.79 Å². The molecule has 0 unspecified atom stereocenters. The van der Waals surface area contributed by atoms with Gasteiger partial charge in [-0.2, -0.15) is 0 Å². The molecule has 0 radical (unpaired) electrons. The van der Waals surface area contributed by atoms with Crippen molar-refractivity contribution in [3.63, 3.8) is 0 Å². The molecule has 0 bridgehead atoms. The number of carbonyl (C=O) groups is 1. The fourth-order valence-corrected chi connectivity index (χ4v) is 4.56. The minimum atomic E-state index is -0.373. The van der Waals surface area contributed by atoms with Crippen LogP contribution in [0.1, 0.15) is 16.2 Å². The lowest BCUT2D eigenvalue weighted by Gasteiger charge is -2.15. The Kier molecular flexibility index (Phi) is 4.52. The number of thiophene rings is 1. The molecular weight excluding hydrogens is 455 g/mol. The predicted molar refractivity (Wildman–Crippen MR) is 114 cm³/mol. The van der Waals surface area contributed by atoms with Crippen LogP contribution in [0.5, 0.6) is 0 Å². The van der Waals surface area contributed by atoms with Crippen molar-refractivity contribution < 1.29 is 9.18 Å². The highest BCUT2D eigenvalue weighted by atomic mass is 79.9. The van der Waals surface area contributed by atoms with Crippen LogP contribution in [-0.2, 0) is 6.42 Å². The highest BCUT2D eigenvalue weighted by Crippen LogP contribution is 2.32. The monoisotopic (exact) mass is 468 g/mol. The molecule has 8 heteroatoms. The van der Waals surface area contributed by atoms with E-state index >= 15 is 0 Å². The third-order valence-electron chi connectivity index (χ3n) is 4.78. The maximum absolute atomic E-state index is 13.8. The van der Waals surface area contributed by atoms with E-state index < -0.39 is 0 Å². The van der Waals surface area contributed by atoms with E-state index in [1.54, 1.807) is 17.0 Å². The van der Waals surface area contributed by atoms with Crippen LogP contribution < -0.4 is 4.90 Å². The SMILES string of the molecule is O=C(c1nc(-c2cccs2)n(-c2cccc(F)c2)n1)N1CCc2cc(Br)ccc21. The quantitative estimate of drug-likeness (QED) is 0.420. The van der Waals surface area contributed by atoms with Gasteiger partial charge in [-0.25, -0.2) is 14.1 Å². The van der Waals surface area contributed by atoms with Gasteiger partial charge in [0.25, 0.3) is 5.91 Å². The predicted octanol–water partition coefficient (Wildman–Crippen LogP) is 5.10. The van der Waals surface area contributed by atoms with Crippen LogP contribution >= 0.6 is 27.3 Å². The fraction of sp³-hybridized carbons (Fsp3) is 0.0952. The van der Waals surface area contributed by atoms with Gasteiger partial charge >= 0.3 is 0 Å². The van der Waals surface area contributed by atoms with Crippen molar-refractivity contribution >= 4 is 38.9 Å². The molecule has 29 heavy (non-hydrogen) atoms. The first-order valence-electron chi connectivity index (χ1n) is 8.97. The number of benzene rings is 2. The molecule has 3 heterocycles. The molecule has 1 amide bonds. The molecule has 1 aliphatic rings. The zero-order valence-electron chi connectivity index (χ0n) is 15.0. The zero-order chi connectivity index (χ0) is 20.0. The summed E-state index contributed by atoms with van der Waals surface area (Å²) in [5.74, 6) is -0.0290. The molecule has 144 valence electrons. The molecule has 2 aromatic carbocycles. The summed E-state index contributed by atoms with van der Waals surface area (Å²) in [5, 5.41) is 6.38. The van der Waals surface area contributed by atoms with Gasteiger partial charge in [0.15, 0.2) is 5.82 Å². The van der Waals surface area contributed by atoms with Crippen molar-refractivity contribution in [2.75, 3.05) is 11.4 Å². The first-order valence-corrected chi connectivity index (χ1v) is 10.6. The second-order valence-electron chi connectivity index (χ2n) is 6.61. The molecule has 2 aromatic heterocycles. The number of halogens is 2. The van der Waals surface area contributed by atoms with E-state index in [4.69, 9.17) is 0 Å². The Morgan fingerprint density at radius 3 is 2.83 bits per heavy atom. The van der Waals surface area contributed by atoms with Gasteiger partial charge in [0.05, 0.1) is 10.6 Å². The summed E-state index contributed by atoms with van der Waals surface area (Å²) in [6.07, 6.45) is 0.781. The molecule has 0 aliphatic carbocycles. The minimum absolute atomic E-state index is 0.0911. The standard InChI is InChI=1S/C21H14BrFN4OS/c22-14-6-7-17-13(11-14)8-9-26(17)21(28)19-24-20(18-5-2-10-29-18)27(25-19)16-4-1-3-15(23)12-16/h1-7,10-12H,8-9H2. The summed E-state index contributed by atoms with van der Waals surface area (Å²) in [5.41, 5.74) is 2.50. The van der Waals surface area contributed by atoms with Crippen molar-refractivity contribution in [3.8, 4) is 16.4 Å². The zero-order valence-corrected chi connectivity index (χ0v) is 17.5. The van der Waals surface area contributed by atoms with Gasteiger partial charge < -0.3 is 4.90 Å². The Hall–Kier alpha value is -2.84. The van der Waals surface area contributed by atoms with Crippen molar-refractivity contribution in [3.05, 3.63) is 81.7 Å². The Bertz CT molecular complexity index is 1220. The van der Waals surface area contributed by atoms with E-state index in [0.717, 1.165) is 27.0 Å². The third kappa shape index (κ3) is 3.28. The fourth-order valence-electron chi connectivity index (χ4n) is 3.46. The number of fused-ring (bicyclic) bond motifs is 1. The largest absolute Gasteiger partial charge is 0.305 e. The van der Waals surface area contributed by atoms with Crippen LogP contribution in [0.15, 0.2) is 64.5 Å². The molecule has 4 aromatic rings. The van der Waals surface area contributed by atoms with Crippen LogP contribution in [0.25, 0.3) is 16.4 Å². The van der Waals surface area contributed by atoms with Gasteiger partial charge in [-0.1, -0.05) is 28.1 Å². The number of hydrogen-bond donors (Lipinski definition) is 0. The molecule has 1 aliphatic heterocycles. The first-order chi connectivity index (χ1) is 14.1. The van der Waals surface area contributed by atoms with E-state index in [-0.39, 0.29) is 17.5 Å². The lowest BCUT2D eigenvalue weighted by Crippen LogP contribution is -2.30. The van der Waals surface area contributed by atoms with Crippen molar-refractivity contribution in [1.29, 1.82) is 0 Å². The Morgan fingerprint density at radius 2 is 2.03 bits per heavy atom. The number of carbonyl (C=O) groups excluding carboxylic acids is 1. The Morgan fingerprint density at radius 1 is 1.14 bits per heavy atom. The summed E-state index contributed by atoms with van der Waals surface area (Å²) in [6, 6.07) is 15.8. The molecule has 5 nitrogen and oxygen atoms in total. The topological polar surface area (TPSA) is 51.0 Å². The number of aromatic nitrogens is 3. The Labute approximate surface area is 178 Å². The number of hydrogen-bond acceptors (Lipinski definition) is 4. The van der Waals surface area contributed by atoms with Crippen LogP contribution in [0.3, 0.4) is 0 Å². The summed E-state index contributed by atoms with van der Waals surface area (Å²) in [4.78, 5) is 20.3. The van der Waals surface area contributed by atoms with Crippen LogP contribution in [0.2, 0.25) is 0 Å². The molecule has 0 saturated carbocycles. The molecular formula is C21H14BrFN4OS. The number of nitrogens with zero attached hydrogens (tertiary/aromatic N) is 4. The number of amides is 1. The maximum atomic E-state index is 13.8. The second-order valence-corrected chi connectivity index (χ2v) is 8.47. The van der Waals surface area contributed by atoms with Gasteiger partial charge in [-0.15, -0.1) is 16.4 Å². The second kappa shape index (κ2) is 7.20. The summed E-state index contributed by atoms with van der Waals surface area (Å²) in [7, 11) is 0. The van der Waals surface area contributed by atoms with Gasteiger partial charge in [0, 0.05) is 16.7 Å². The molecule has 0 fully saturated rings. The van der Waals surface area contributed by atoms with Gasteiger partial charge in [0.1, 0.15) is 5.82 Å². The summed E-state index contributed by atoms with van der Waals surface area (Å²) < 4.78 is 16.3. The van der Waals surface area contributed by atoms with E-state index in [1.165, 1.54) is 28.2 Å². The molecule has 0 spiro atoms. The minimum Gasteiger partial charge on any atom is -0.305 e. The summed E-state index contributed by atoms with van der Waals surface area (Å²) in [6.45, 7) is 0.577. The molecule has 0 saturated heterocycles. The van der Waals surface area contributed by atoms with E-state index in [1.807, 2.05) is 35.7 Å². The maximum Gasteiger partial charge on any atom is 0.297 e. The van der Waals surface area contributed by atoms with Gasteiger partial charge in [-0.05, 0) is 59.8 Å². The van der Waals surface area contributed by atoms with E-state index in [0.29, 0.717) is 18.1 Å². The van der Waals surface area contributed by atoms with E-state index in [2.05, 4.69) is 26.0 Å². The Balaban J connectivity index is 1.58. The van der Waals surface area contributed by atoms with Crippen LogP contribution in [-0.4, -0.2) is 27.2 Å². The molecule has 0 N–H and O–H groups in total. The van der Waals surface area contributed by atoms with Crippen LogP contribution in [0, 0.1) is 5.82 Å². The van der Waals surface area contributed by atoms with Crippen molar-refractivity contribution in [1.82, 2.24) is 14.8 Å². The smallest absolute Gasteiger partial charge is 0.297 e. The normalized spacial score (nSPS) is 13.0. The molecule has 0 atom stereocenters. The average molecular weight is 469 g/mol. The third-order valence-corrected chi connectivity index (χ3v) is 6.13. The van der Waals surface area contributed by atoms with Crippen molar-refractivity contribution in [2.45, 2.75) is 6.42 Å². The summed E-state index contributed by atoms with van der Waals surface area (Å²) >= 11 is 4.96. The van der Waals surface area contributed by atoms with Crippen molar-refractivity contribution in [2.24, 2.45) is 0 Å². The lowest BCUT2D eigenvalue weighted by atomic mass is 10.2. The average Bonchev–Trinajstić information content (AvgIpc) is 3.45. The van der Waals surface area contributed by atoms with Crippen LogP contribution in [0.4, 0.5) is 10.1 Å². The highest BCUT2D eigenvalue weighted by molar-refractivity contribution is 9.10. The molecule has 5 rings (SSSR count). The first kappa shape index (κ1) is 18.2. The number of anilines is 1. The highest BCUT2D eigenvalue weighted by Gasteiger charge is 2.29. The number of rotatable bonds is 3. The van der Waals surface area contributed by atoms with E-state index in [9.17, 15) is 9.18 Å². The van der Waals surface area contributed by atoms with Gasteiger partial charge in [0.2, 0.25) is 5.82 Å².